The van der Waals surface area contributed by atoms with Gasteiger partial charge in [-0.25, -0.2) is 4.79 Å². The van der Waals surface area contributed by atoms with E-state index in [4.69, 9.17) is 14.3 Å². The van der Waals surface area contributed by atoms with Crippen molar-refractivity contribution in [2.75, 3.05) is 19.0 Å². The van der Waals surface area contributed by atoms with Crippen LogP contribution in [0.15, 0.2) is 29.1 Å². The number of nitrogens with one attached hydrogen (secondary N) is 1. The minimum absolute atomic E-state index is 0.0768. The lowest BCUT2D eigenvalue weighted by atomic mass is 10.3. The first kappa shape index (κ1) is 13.8. The Kier molecular flexibility index (Phi) is 4.16. The molecule has 106 valence electrons. The molecule has 0 saturated carbocycles. The minimum atomic E-state index is -1.15. The molecule has 20 heavy (non-hydrogen) atoms. The number of furan rings is 1. The van der Waals surface area contributed by atoms with Gasteiger partial charge in [0.15, 0.2) is 5.76 Å². The third-order valence-corrected chi connectivity index (χ3v) is 2.49. The molecule has 0 unspecified atom stereocenters. The van der Waals surface area contributed by atoms with Gasteiger partial charge in [0, 0.05) is 19.4 Å². The quantitative estimate of drug-likeness (QED) is 0.819. The average Bonchev–Trinajstić information content (AvgIpc) is 3.05. The molecule has 0 radical (unpaired) electrons. The van der Waals surface area contributed by atoms with Gasteiger partial charge in [-0.15, -0.1) is 0 Å². The van der Waals surface area contributed by atoms with Crippen LogP contribution in [-0.2, 0) is 11.3 Å². The second kappa shape index (κ2) is 6.02. The Bertz CT molecular complexity index is 616. The van der Waals surface area contributed by atoms with Crippen LogP contribution in [0, 0.1) is 0 Å². The van der Waals surface area contributed by atoms with Crippen molar-refractivity contribution in [3.05, 3.63) is 36.0 Å². The molecule has 1 amide bonds. The Labute approximate surface area is 113 Å². The van der Waals surface area contributed by atoms with Crippen LogP contribution in [0.1, 0.15) is 20.9 Å². The number of aromatic carboxylic acids is 1. The topological polar surface area (TPSA) is 107 Å². The lowest BCUT2D eigenvalue weighted by molar-refractivity contribution is 0.0696. The number of carboxylic acids is 1. The second-order valence-corrected chi connectivity index (χ2v) is 3.94. The Morgan fingerprint density at radius 2 is 2.35 bits per heavy atom. The van der Waals surface area contributed by atoms with Crippen molar-refractivity contribution < 1.29 is 23.8 Å². The zero-order valence-corrected chi connectivity index (χ0v) is 10.7. The van der Waals surface area contributed by atoms with Crippen molar-refractivity contribution in [3.8, 4) is 0 Å². The number of carbonyl (C=O) groups excluding carboxylic acids is 1. The number of methoxy groups -OCH3 is 1. The molecule has 0 aromatic carbocycles. The van der Waals surface area contributed by atoms with Gasteiger partial charge in [-0.3, -0.25) is 9.48 Å². The molecule has 8 heteroatoms. The number of hydrogen-bond donors (Lipinski definition) is 2. The highest BCUT2D eigenvalue weighted by molar-refractivity contribution is 6.03. The normalized spacial score (nSPS) is 10.4. The Hall–Kier alpha value is -2.61. The van der Waals surface area contributed by atoms with Crippen molar-refractivity contribution >= 4 is 17.6 Å². The van der Waals surface area contributed by atoms with Crippen LogP contribution in [0.25, 0.3) is 0 Å². The molecule has 2 heterocycles. The maximum atomic E-state index is 11.8. The van der Waals surface area contributed by atoms with E-state index in [1.807, 2.05) is 0 Å². The van der Waals surface area contributed by atoms with E-state index in [0.717, 1.165) is 12.3 Å². The average molecular weight is 279 g/mol. The molecule has 2 aromatic heterocycles. The number of carbonyl (C=O) groups is 2. The van der Waals surface area contributed by atoms with E-state index in [9.17, 15) is 9.59 Å². The molecule has 0 aliphatic carbocycles. The predicted octanol–water partition coefficient (Wildman–Crippen LogP) is 1.07. The molecule has 0 aliphatic rings. The number of hydrogen-bond acceptors (Lipinski definition) is 5. The van der Waals surface area contributed by atoms with Crippen molar-refractivity contribution in [1.82, 2.24) is 9.78 Å². The summed E-state index contributed by atoms with van der Waals surface area (Å²) in [5.41, 5.74) is 0.408. The van der Waals surface area contributed by atoms with E-state index < -0.39 is 11.9 Å². The summed E-state index contributed by atoms with van der Waals surface area (Å²) >= 11 is 0. The molecular formula is C12H13N3O5. The highest BCUT2D eigenvalue weighted by Gasteiger charge is 2.15. The largest absolute Gasteiger partial charge is 0.478 e. The summed E-state index contributed by atoms with van der Waals surface area (Å²) in [6, 6.07) is 1.16. The van der Waals surface area contributed by atoms with Gasteiger partial charge in [-0.1, -0.05) is 0 Å². The maximum absolute atomic E-state index is 11.8. The molecular weight excluding hydrogens is 266 g/mol. The molecule has 2 N–H and O–H groups in total. The number of rotatable bonds is 6. The fourth-order valence-electron chi connectivity index (χ4n) is 1.50. The van der Waals surface area contributed by atoms with E-state index >= 15 is 0 Å². The van der Waals surface area contributed by atoms with Crippen LogP contribution >= 0.6 is 0 Å². The predicted molar refractivity (Wildman–Crippen MR) is 67.7 cm³/mol. The Morgan fingerprint density at radius 3 is 3.00 bits per heavy atom. The number of ether oxygens (including phenoxy) is 1. The van der Waals surface area contributed by atoms with E-state index in [-0.39, 0.29) is 11.3 Å². The first-order chi connectivity index (χ1) is 9.60. The summed E-state index contributed by atoms with van der Waals surface area (Å²) in [4.78, 5) is 22.5. The van der Waals surface area contributed by atoms with E-state index in [1.54, 1.807) is 18.0 Å². The Balaban J connectivity index is 1.99. The van der Waals surface area contributed by atoms with Crippen molar-refractivity contribution in [1.29, 1.82) is 0 Å². The third-order valence-electron chi connectivity index (χ3n) is 2.49. The van der Waals surface area contributed by atoms with Gasteiger partial charge in [0.25, 0.3) is 5.91 Å². The third kappa shape index (κ3) is 3.23. The van der Waals surface area contributed by atoms with Crippen LogP contribution in [0.3, 0.4) is 0 Å². The van der Waals surface area contributed by atoms with Gasteiger partial charge < -0.3 is 19.6 Å². The minimum Gasteiger partial charge on any atom is -0.478 e. The molecule has 0 fully saturated rings. The number of aromatic nitrogens is 2. The van der Waals surface area contributed by atoms with Crippen molar-refractivity contribution in [2.24, 2.45) is 0 Å². The molecule has 0 saturated heterocycles. The van der Waals surface area contributed by atoms with Crippen LogP contribution in [0.5, 0.6) is 0 Å². The molecule has 0 bridgehead atoms. The number of anilines is 1. The number of nitrogens with zero attached hydrogens (tertiary/aromatic N) is 2. The highest BCUT2D eigenvalue weighted by atomic mass is 16.5. The van der Waals surface area contributed by atoms with E-state index in [2.05, 4.69) is 10.4 Å². The lowest BCUT2D eigenvalue weighted by Crippen LogP contribution is -2.10. The maximum Gasteiger partial charge on any atom is 0.338 e. The second-order valence-electron chi connectivity index (χ2n) is 3.94. The van der Waals surface area contributed by atoms with Crippen molar-refractivity contribution in [2.45, 2.75) is 6.54 Å². The first-order valence-electron chi connectivity index (χ1n) is 5.74. The van der Waals surface area contributed by atoms with E-state index in [1.165, 1.54) is 6.20 Å². The summed E-state index contributed by atoms with van der Waals surface area (Å²) < 4.78 is 11.4. The zero-order chi connectivity index (χ0) is 14.5. The summed E-state index contributed by atoms with van der Waals surface area (Å²) in [7, 11) is 1.59. The standard InChI is InChI=1S/C12H13N3O5/c1-19-3-2-15-6-9(5-13-15)14-11(16)10-4-8(7-20-10)12(17)18/h4-7H,2-3H2,1H3,(H,14,16)(H,17,18). The monoisotopic (exact) mass is 279 g/mol. The van der Waals surface area contributed by atoms with Gasteiger partial charge in [0.1, 0.15) is 6.26 Å². The van der Waals surface area contributed by atoms with Gasteiger partial charge in [0.05, 0.1) is 30.6 Å². The van der Waals surface area contributed by atoms with Gasteiger partial charge in [-0.05, 0) is 0 Å². The lowest BCUT2D eigenvalue weighted by Gasteiger charge is -1.99. The fourth-order valence-corrected chi connectivity index (χ4v) is 1.50. The fraction of sp³-hybridized carbons (Fsp3) is 0.250. The van der Waals surface area contributed by atoms with E-state index in [0.29, 0.717) is 18.8 Å². The SMILES string of the molecule is COCCn1cc(NC(=O)c2cc(C(=O)O)co2)cn1. The number of carboxylic acid groups (broad SMARTS) is 1. The van der Waals surface area contributed by atoms with Crippen LogP contribution < -0.4 is 5.32 Å². The summed E-state index contributed by atoms with van der Waals surface area (Å²) in [5, 5.41) is 15.3. The van der Waals surface area contributed by atoms with Gasteiger partial charge in [-0.2, -0.15) is 5.10 Å². The summed E-state index contributed by atoms with van der Waals surface area (Å²) in [5.74, 6) is -1.77. The number of amides is 1. The van der Waals surface area contributed by atoms with Gasteiger partial charge in [0.2, 0.25) is 0 Å². The molecule has 0 spiro atoms. The summed E-state index contributed by atoms with van der Waals surface area (Å²) in [6.07, 6.45) is 4.13. The first-order valence-corrected chi connectivity index (χ1v) is 5.74. The van der Waals surface area contributed by atoms with Crippen LogP contribution in [0.2, 0.25) is 0 Å². The van der Waals surface area contributed by atoms with Gasteiger partial charge >= 0.3 is 5.97 Å². The van der Waals surface area contributed by atoms with Crippen molar-refractivity contribution in [3.63, 3.8) is 0 Å². The Morgan fingerprint density at radius 1 is 1.55 bits per heavy atom. The molecule has 2 aromatic rings. The molecule has 2 rings (SSSR count). The molecule has 0 aliphatic heterocycles. The van der Waals surface area contributed by atoms with Crippen LogP contribution in [0.4, 0.5) is 5.69 Å². The smallest absolute Gasteiger partial charge is 0.338 e. The molecule has 0 atom stereocenters. The highest BCUT2D eigenvalue weighted by Crippen LogP contribution is 2.11. The summed E-state index contributed by atoms with van der Waals surface area (Å²) in [6.45, 7) is 1.07. The zero-order valence-electron chi connectivity index (χ0n) is 10.7. The molecule has 8 nitrogen and oxygen atoms in total. The van der Waals surface area contributed by atoms with Crippen LogP contribution in [-0.4, -0.2) is 40.5 Å².